The van der Waals surface area contributed by atoms with Crippen LogP contribution in [-0.2, 0) is 0 Å². The van der Waals surface area contributed by atoms with Gasteiger partial charge in [0.15, 0.2) is 17.6 Å². The molecule has 1 heterocycles. The Labute approximate surface area is 121 Å². The highest BCUT2D eigenvalue weighted by Crippen LogP contribution is 2.36. The third-order valence-electron chi connectivity index (χ3n) is 3.45. The monoisotopic (exact) mass is 297 g/mol. The Kier molecular flexibility index (Phi) is 4.19. The number of piperidine rings is 1. The van der Waals surface area contributed by atoms with Crippen LogP contribution >= 0.6 is 0 Å². The molecule has 0 radical (unpaired) electrons. The Balaban J connectivity index is 2.28. The number of hydrogen-bond donors (Lipinski definition) is 1. The van der Waals surface area contributed by atoms with Crippen LogP contribution in [0.2, 0.25) is 0 Å². The van der Waals surface area contributed by atoms with E-state index in [0.717, 1.165) is 0 Å². The van der Waals surface area contributed by atoms with Gasteiger partial charge < -0.3 is 20.1 Å². The van der Waals surface area contributed by atoms with Gasteiger partial charge in [-0.1, -0.05) is 0 Å². The number of hydrogen-bond acceptors (Lipinski definition) is 5. The van der Waals surface area contributed by atoms with E-state index in [0.29, 0.717) is 6.54 Å². The first-order chi connectivity index (χ1) is 9.87. The van der Waals surface area contributed by atoms with Gasteiger partial charge in [0.1, 0.15) is 6.07 Å². The lowest BCUT2D eigenvalue weighted by Crippen LogP contribution is -2.52. The Morgan fingerprint density at radius 1 is 1.43 bits per heavy atom. The second-order valence-corrected chi connectivity index (χ2v) is 5.10. The molecule has 2 N–H and O–H groups in total. The number of likely N-dealkylation sites (tertiary alicyclic amines) is 1. The number of ether oxygens (including phenoxy) is 2. The van der Waals surface area contributed by atoms with Gasteiger partial charge >= 0.3 is 0 Å². The average Bonchev–Trinajstić information content (AvgIpc) is 2.42. The van der Waals surface area contributed by atoms with Crippen LogP contribution < -0.4 is 15.2 Å². The van der Waals surface area contributed by atoms with Gasteiger partial charge in [0.2, 0.25) is 0 Å². The zero-order valence-electron chi connectivity index (χ0n) is 11.9. The fraction of sp³-hybridized carbons (Fsp3) is 0.500. The molecule has 1 aliphatic rings. The van der Waals surface area contributed by atoms with Gasteiger partial charge in [0.25, 0.3) is 5.92 Å². The number of nitrogens with zero attached hydrogens (tertiary/aromatic N) is 2. The van der Waals surface area contributed by atoms with Gasteiger partial charge in [-0.2, -0.15) is 5.26 Å². The predicted molar refractivity (Wildman–Crippen MR) is 73.6 cm³/mol. The quantitative estimate of drug-likeness (QED) is 0.862. The molecule has 114 valence electrons. The molecule has 0 aliphatic carbocycles. The molecule has 5 nitrogen and oxygen atoms in total. The first-order valence-corrected chi connectivity index (χ1v) is 6.48. The number of alkyl halides is 2. The average molecular weight is 297 g/mol. The van der Waals surface area contributed by atoms with E-state index in [1.807, 2.05) is 6.07 Å². The van der Waals surface area contributed by atoms with Crippen LogP contribution in [0.25, 0.3) is 0 Å². The number of nitrogen functional groups attached to an aromatic ring is 1. The number of rotatable bonds is 3. The van der Waals surface area contributed by atoms with Gasteiger partial charge in [-0.3, -0.25) is 0 Å². The summed E-state index contributed by atoms with van der Waals surface area (Å²) in [5.41, 5.74) is 6.06. The Bertz CT molecular complexity index is 572. The number of halogens is 2. The van der Waals surface area contributed by atoms with Gasteiger partial charge in [-0.05, 0) is 7.05 Å². The first-order valence-electron chi connectivity index (χ1n) is 6.48. The van der Waals surface area contributed by atoms with Gasteiger partial charge in [-0.25, -0.2) is 8.78 Å². The SMILES string of the molecule is COc1cc(N)c(C#N)cc1OC1CCN(C)CC1(F)F. The largest absolute Gasteiger partial charge is 0.493 e. The van der Waals surface area contributed by atoms with Crippen molar-refractivity contribution in [2.45, 2.75) is 18.4 Å². The van der Waals surface area contributed by atoms with E-state index in [1.165, 1.54) is 19.2 Å². The standard InChI is InChI=1S/C14H17F2N3O2/c1-19-4-3-13(14(15,16)8-19)21-12-5-9(7-17)10(18)6-11(12)20-2/h5-6,13H,3-4,8,18H2,1-2H3. The predicted octanol–water partition coefficient (Wildman–Crippen LogP) is 1.87. The van der Waals surface area contributed by atoms with E-state index in [9.17, 15) is 8.78 Å². The van der Waals surface area contributed by atoms with Crippen LogP contribution in [0, 0.1) is 11.3 Å². The molecule has 0 bridgehead atoms. The van der Waals surface area contributed by atoms with Crippen LogP contribution in [-0.4, -0.2) is 44.2 Å². The summed E-state index contributed by atoms with van der Waals surface area (Å²) in [6.07, 6.45) is -1.06. The Morgan fingerprint density at radius 3 is 2.71 bits per heavy atom. The van der Waals surface area contributed by atoms with Crippen LogP contribution in [0.4, 0.5) is 14.5 Å². The number of nitriles is 1. The minimum Gasteiger partial charge on any atom is -0.493 e. The molecule has 21 heavy (non-hydrogen) atoms. The number of anilines is 1. The molecule has 1 fully saturated rings. The summed E-state index contributed by atoms with van der Waals surface area (Å²) in [6, 6.07) is 4.64. The number of benzene rings is 1. The smallest absolute Gasteiger partial charge is 0.296 e. The molecular formula is C14H17F2N3O2. The molecule has 0 spiro atoms. The van der Waals surface area contributed by atoms with Crippen molar-refractivity contribution in [1.82, 2.24) is 4.90 Å². The second kappa shape index (κ2) is 5.74. The lowest BCUT2D eigenvalue weighted by atomic mass is 10.0. The van der Waals surface area contributed by atoms with E-state index in [1.54, 1.807) is 11.9 Å². The van der Waals surface area contributed by atoms with E-state index in [4.69, 9.17) is 20.5 Å². The number of methoxy groups -OCH3 is 1. The van der Waals surface area contributed by atoms with Crippen molar-refractivity contribution in [1.29, 1.82) is 5.26 Å². The molecule has 0 saturated carbocycles. The van der Waals surface area contributed by atoms with Crippen molar-refractivity contribution in [2.75, 3.05) is 33.0 Å². The maximum Gasteiger partial charge on any atom is 0.296 e. The highest BCUT2D eigenvalue weighted by molar-refractivity contribution is 5.62. The molecule has 1 unspecified atom stereocenters. The molecule has 1 atom stereocenters. The van der Waals surface area contributed by atoms with E-state index >= 15 is 0 Å². The molecule has 1 aromatic carbocycles. The molecule has 0 aromatic heterocycles. The maximum absolute atomic E-state index is 14.0. The molecule has 1 aromatic rings. The van der Waals surface area contributed by atoms with Crippen LogP contribution in [0.3, 0.4) is 0 Å². The van der Waals surface area contributed by atoms with Gasteiger partial charge in [0.05, 0.1) is 24.9 Å². The minimum absolute atomic E-state index is 0.109. The van der Waals surface area contributed by atoms with Crippen molar-refractivity contribution < 1.29 is 18.3 Å². The minimum atomic E-state index is -2.97. The summed E-state index contributed by atoms with van der Waals surface area (Å²) >= 11 is 0. The van der Waals surface area contributed by atoms with Crippen molar-refractivity contribution in [2.24, 2.45) is 0 Å². The fourth-order valence-corrected chi connectivity index (χ4v) is 2.31. The lowest BCUT2D eigenvalue weighted by molar-refractivity contribution is -0.135. The van der Waals surface area contributed by atoms with Gasteiger partial charge in [0, 0.05) is 25.1 Å². The summed E-state index contributed by atoms with van der Waals surface area (Å²) < 4.78 is 38.5. The summed E-state index contributed by atoms with van der Waals surface area (Å²) in [7, 11) is 3.03. The molecule has 7 heteroatoms. The molecule has 0 amide bonds. The highest BCUT2D eigenvalue weighted by Gasteiger charge is 2.45. The van der Waals surface area contributed by atoms with E-state index in [-0.39, 0.29) is 35.7 Å². The molecule has 1 aliphatic heterocycles. The Hall–Kier alpha value is -2.07. The van der Waals surface area contributed by atoms with E-state index < -0.39 is 12.0 Å². The molecule has 2 rings (SSSR count). The molecule has 1 saturated heterocycles. The van der Waals surface area contributed by atoms with Crippen LogP contribution in [0.1, 0.15) is 12.0 Å². The Morgan fingerprint density at radius 2 is 2.14 bits per heavy atom. The third kappa shape index (κ3) is 3.16. The highest BCUT2D eigenvalue weighted by atomic mass is 19.3. The topological polar surface area (TPSA) is 71.5 Å². The van der Waals surface area contributed by atoms with Crippen molar-refractivity contribution >= 4 is 5.69 Å². The maximum atomic E-state index is 14.0. The zero-order valence-corrected chi connectivity index (χ0v) is 11.9. The summed E-state index contributed by atoms with van der Waals surface area (Å²) in [6.45, 7) is 0.155. The van der Waals surface area contributed by atoms with Crippen molar-refractivity contribution in [3.8, 4) is 17.6 Å². The third-order valence-corrected chi connectivity index (χ3v) is 3.45. The first kappa shape index (κ1) is 15.3. The van der Waals surface area contributed by atoms with Crippen molar-refractivity contribution in [3.05, 3.63) is 17.7 Å². The summed E-state index contributed by atoms with van der Waals surface area (Å²) in [5, 5.41) is 8.97. The van der Waals surface area contributed by atoms with E-state index in [2.05, 4.69) is 0 Å². The second-order valence-electron chi connectivity index (χ2n) is 5.10. The van der Waals surface area contributed by atoms with Crippen LogP contribution in [0.5, 0.6) is 11.5 Å². The lowest BCUT2D eigenvalue weighted by Gasteiger charge is -2.36. The number of nitrogens with two attached hydrogens (primary N) is 1. The zero-order chi connectivity index (χ0) is 15.6. The fourth-order valence-electron chi connectivity index (χ4n) is 2.31. The summed E-state index contributed by atoms with van der Waals surface area (Å²) in [4.78, 5) is 1.56. The van der Waals surface area contributed by atoms with Crippen molar-refractivity contribution in [3.63, 3.8) is 0 Å². The van der Waals surface area contributed by atoms with Gasteiger partial charge in [-0.15, -0.1) is 0 Å². The summed E-state index contributed by atoms with van der Waals surface area (Å²) in [5.74, 6) is -2.62. The normalized spacial score (nSPS) is 21.6. The molecular weight excluding hydrogens is 280 g/mol. The van der Waals surface area contributed by atoms with Crippen LogP contribution in [0.15, 0.2) is 12.1 Å².